The molecule has 1 heterocycles. The highest BCUT2D eigenvalue weighted by atomic mass is 15.2. The molecule has 1 aliphatic heterocycles. The van der Waals surface area contributed by atoms with Crippen molar-refractivity contribution in [1.29, 1.82) is 0 Å². The lowest BCUT2D eigenvalue weighted by molar-refractivity contribution is 0.278. The Morgan fingerprint density at radius 2 is 2.00 bits per heavy atom. The zero-order chi connectivity index (χ0) is 7.73. The summed E-state index contributed by atoms with van der Waals surface area (Å²) in [6.07, 6.45) is 8.81. The summed E-state index contributed by atoms with van der Waals surface area (Å²) in [5.74, 6) is 0. The molecular weight excluding hydrogens is 136 g/mol. The molecule has 0 unspecified atom stereocenters. The zero-order valence-corrected chi connectivity index (χ0v) is 7.21. The van der Waals surface area contributed by atoms with E-state index in [-0.39, 0.29) is 0 Å². The SMILES string of the molecule is CN1C=NC2(CCCCC2)C1. The maximum Gasteiger partial charge on any atom is 0.0855 e. The highest BCUT2D eigenvalue weighted by Crippen LogP contribution is 2.34. The molecule has 11 heavy (non-hydrogen) atoms. The maximum atomic E-state index is 4.61. The van der Waals surface area contributed by atoms with E-state index in [9.17, 15) is 0 Å². The van der Waals surface area contributed by atoms with Crippen molar-refractivity contribution in [3.63, 3.8) is 0 Å². The lowest BCUT2D eigenvalue weighted by Crippen LogP contribution is -2.34. The highest BCUT2D eigenvalue weighted by molar-refractivity contribution is 5.58. The molecule has 1 fully saturated rings. The Bertz CT molecular complexity index is 168. The van der Waals surface area contributed by atoms with E-state index in [2.05, 4.69) is 16.9 Å². The van der Waals surface area contributed by atoms with Crippen LogP contribution in [0, 0.1) is 0 Å². The number of rotatable bonds is 0. The van der Waals surface area contributed by atoms with Crippen molar-refractivity contribution in [2.45, 2.75) is 37.6 Å². The molecule has 2 aliphatic rings. The van der Waals surface area contributed by atoms with Crippen molar-refractivity contribution < 1.29 is 0 Å². The summed E-state index contributed by atoms with van der Waals surface area (Å²) < 4.78 is 0. The van der Waals surface area contributed by atoms with Gasteiger partial charge in [0.1, 0.15) is 0 Å². The first kappa shape index (κ1) is 7.14. The van der Waals surface area contributed by atoms with E-state index in [1.54, 1.807) is 0 Å². The molecule has 1 saturated carbocycles. The lowest BCUT2D eigenvalue weighted by atomic mass is 9.82. The largest absolute Gasteiger partial charge is 0.364 e. The van der Waals surface area contributed by atoms with Gasteiger partial charge in [-0.05, 0) is 12.8 Å². The Balaban J connectivity index is 2.05. The molecule has 62 valence electrons. The van der Waals surface area contributed by atoms with Crippen molar-refractivity contribution >= 4 is 6.34 Å². The smallest absolute Gasteiger partial charge is 0.0855 e. The molecule has 2 nitrogen and oxygen atoms in total. The van der Waals surface area contributed by atoms with E-state index in [0.717, 1.165) is 6.54 Å². The fraction of sp³-hybridized carbons (Fsp3) is 0.889. The second-order valence-corrected chi connectivity index (χ2v) is 3.94. The van der Waals surface area contributed by atoms with Gasteiger partial charge >= 0.3 is 0 Å². The Morgan fingerprint density at radius 3 is 2.55 bits per heavy atom. The Hall–Kier alpha value is -0.530. The fourth-order valence-corrected chi connectivity index (χ4v) is 2.26. The highest BCUT2D eigenvalue weighted by Gasteiger charge is 2.34. The van der Waals surface area contributed by atoms with Crippen molar-refractivity contribution in [1.82, 2.24) is 4.90 Å². The van der Waals surface area contributed by atoms with E-state index >= 15 is 0 Å². The van der Waals surface area contributed by atoms with Gasteiger partial charge in [0.25, 0.3) is 0 Å². The molecule has 0 N–H and O–H groups in total. The average Bonchev–Trinajstić information content (AvgIpc) is 2.34. The van der Waals surface area contributed by atoms with E-state index in [0.29, 0.717) is 5.54 Å². The van der Waals surface area contributed by atoms with E-state index < -0.39 is 0 Å². The third-order valence-electron chi connectivity index (χ3n) is 2.86. The van der Waals surface area contributed by atoms with Crippen LogP contribution in [0.4, 0.5) is 0 Å². The molecule has 0 amide bonds. The van der Waals surface area contributed by atoms with Gasteiger partial charge < -0.3 is 4.90 Å². The van der Waals surface area contributed by atoms with Crippen LogP contribution in [0.25, 0.3) is 0 Å². The number of nitrogens with zero attached hydrogens (tertiary/aromatic N) is 2. The summed E-state index contributed by atoms with van der Waals surface area (Å²) >= 11 is 0. The van der Waals surface area contributed by atoms with E-state index in [1.807, 2.05) is 6.34 Å². The monoisotopic (exact) mass is 152 g/mol. The molecule has 0 atom stereocenters. The average molecular weight is 152 g/mol. The minimum absolute atomic E-state index is 0.340. The summed E-state index contributed by atoms with van der Waals surface area (Å²) in [7, 11) is 2.12. The van der Waals surface area contributed by atoms with Crippen LogP contribution in [-0.2, 0) is 0 Å². The van der Waals surface area contributed by atoms with Crippen molar-refractivity contribution in [2.24, 2.45) is 4.99 Å². The van der Waals surface area contributed by atoms with E-state index in [4.69, 9.17) is 0 Å². The molecule has 0 aromatic carbocycles. The van der Waals surface area contributed by atoms with Crippen LogP contribution in [0.15, 0.2) is 4.99 Å². The zero-order valence-electron chi connectivity index (χ0n) is 7.21. The molecule has 2 heteroatoms. The predicted octanol–water partition coefficient (Wildman–Crippen LogP) is 1.66. The second-order valence-electron chi connectivity index (χ2n) is 3.94. The van der Waals surface area contributed by atoms with Crippen molar-refractivity contribution in [3.8, 4) is 0 Å². The standard InChI is InChI=1S/C9H16N2/c1-11-7-9(10-8-11)5-3-2-4-6-9/h8H,2-7H2,1H3. The Labute approximate surface area is 68.3 Å². The predicted molar refractivity (Wildman–Crippen MR) is 46.9 cm³/mol. The topological polar surface area (TPSA) is 15.6 Å². The number of likely N-dealkylation sites (N-methyl/N-ethyl adjacent to an activating group) is 1. The van der Waals surface area contributed by atoms with Crippen LogP contribution in [0.1, 0.15) is 32.1 Å². The van der Waals surface area contributed by atoms with Gasteiger partial charge in [0.05, 0.1) is 11.9 Å². The van der Waals surface area contributed by atoms with Gasteiger partial charge in [-0.2, -0.15) is 0 Å². The van der Waals surface area contributed by atoms with Crippen LogP contribution in [0.2, 0.25) is 0 Å². The molecule has 0 radical (unpaired) electrons. The first-order chi connectivity index (χ1) is 5.31. The van der Waals surface area contributed by atoms with Crippen LogP contribution >= 0.6 is 0 Å². The molecule has 0 bridgehead atoms. The normalized spacial score (nSPS) is 28.3. The van der Waals surface area contributed by atoms with Crippen LogP contribution in [0.3, 0.4) is 0 Å². The molecule has 2 rings (SSSR count). The summed E-state index contributed by atoms with van der Waals surface area (Å²) in [4.78, 5) is 6.82. The molecule has 0 saturated heterocycles. The third kappa shape index (κ3) is 1.26. The van der Waals surface area contributed by atoms with Gasteiger partial charge in [0.2, 0.25) is 0 Å². The van der Waals surface area contributed by atoms with Gasteiger partial charge in [0.15, 0.2) is 0 Å². The quantitative estimate of drug-likeness (QED) is 0.515. The lowest BCUT2D eigenvalue weighted by Gasteiger charge is -2.30. The molecule has 1 aliphatic carbocycles. The summed E-state index contributed by atoms with van der Waals surface area (Å²) in [5, 5.41) is 0. The first-order valence-electron chi connectivity index (χ1n) is 4.56. The van der Waals surface area contributed by atoms with Crippen LogP contribution < -0.4 is 0 Å². The number of hydrogen-bond donors (Lipinski definition) is 0. The summed E-state index contributed by atoms with van der Waals surface area (Å²) in [6, 6.07) is 0. The molecular formula is C9H16N2. The van der Waals surface area contributed by atoms with Crippen LogP contribution in [0.5, 0.6) is 0 Å². The summed E-state index contributed by atoms with van der Waals surface area (Å²) in [5.41, 5.74) is 0.340. The van der Waals surface area contributed by atoms with Crippen LogP contribution in [-0.4, -0.2) is 30.4 Å². The minimum Gasteiger partial charge on any atom is -0.364 e. The van der Waals surface area contributed by atoms with E-state index in [1.165, 1.54) is 32.1 Å². The Morgan fingerprint density at radius 1 is 1.27 bits per heavy atom. The number of aliphatic imine (C=N–C) groups is 1. The summed E-state index contributed by atoms with van der Waals surface area (Å²) in [6.45, 7) is 1.16. The minimum atomic E-state index is 0.340. The first-order valence-corrected chi connectivity index (χ1v) is 4.56. The van der Waals surface area contributed by atoms with Crippen molar-refractivity contribution in [3.05, 3.63) is 0 Å². The molecule has 0 aromatic rings. The molecule has 0 aromatic heterocycles. The van der Waals surface area contributed by atoms with Gasteiger partial charge in [0, 0.05) is 13.6 Å². The number of hydrogen-bond acceptors (Lipinski definition) is 2. The third-order valence-corrected chi connectivity index (χ3v) is 2.86. The van der Waals surface area contributed by atoms with Gasteiger partial charge in [-0.25, -0.2) is 0 Å². The fourth-order valence-electron chi connectivity index (χ4n) is 2.26. The maximum absolute atomic E-state index is 4.61. The van der Waals surface area contributed by atoms with Crippen molar-refractivity contribution in [2.75, 3.05) is 13.6 Å². The second kappa shape index (κ2) is 2.50. The van der Waals surface area contributed by atoms with Gasteiger partial charge in [-0.15, -0.1) is 0 Å². The molecule has 1 spiro atoms. The van der Waals surface area contributed by atoms with Gasteiger partial charge in [-0.1, -0.05) is 19.3 Å². The van der Waals surface area contributed by atoms with Gasteiger partial charge in [-0.3, -0.25) is 4.99 Å². The Kier molecular flexibility index (Phi) is 1.63.